The van der Waals surface area contributed by atoms with Gasteiger partial charge in [0, 0.05) is 17.1 Å². The second kappa shape index (κ2) is 7.08. The van der Waals surface area contributed by atoms with E-state index in [9.17, 15) is 4.79 Å². The van der Waals surface area contributed by atoms with Crippen LogP contribution in [0.15, 0.2) is 60.8 Å². The molecule has 0 aliphatic carbocycles. The smallest absolute Gasteiger partial charge is 0.412 e. The Kier molecular flexibility index (Phi) is 4.62. The Balaban J connectivity index is 1.50. The number of benzene rings is 2. The van der Waals surface area contributed by atoms with Crippen molar-refractivity contribution in [3.05, 3.63) is 71.9 Å². The fourth-order valence-corrected chi connectivity index (χ4v) is 3.75. The Morgan fingerprint density at radius 1 is 1.19 bits per heavy atom. The summed E-state index contributed by atoms with van der Waals surface area (Å²) in [6.07, 6.45) is 2.39. The van der Waals surface area contributed by atoms with Gasteiger partial charge in [-0.3, -0.25) is 4.90 Å². The fourth-order valence-electron chi connectivity index (χ4n) is 3.75. The zero-order valence-electron chi connectivity index (χ0n) is 15.6. The van der Waals surface area contributed by atoms with Gasteiger partial charge in [0.15, 0.2) is 0 Å². The number of hydrogen-bond acceptors (Lipinski definition) is 3. The van der Waals surface area contributed by atoms with E-state index in [1.54, 1.807) is 4.90 Å². The molecular formula is C22H24N2O3. The summed E-state index contributed by atoms with van der Waals surface area (Å²) < 4.78 is 11.5. The van der Waals surface area contributed by atoms with E-state index in [0.717, 1.165) is 11.1 Å². The van der Waals surface area contributed by atoms with Crippen molar-refractivity contribution in [2.75, 3.05) is 6.61 Å². The zero-order chi connectivity index (χ0) is 18.9. The molecule has 1 atom stereocenters. The number of nitrogens with one attached hydrogen (secondary N) is 1. The van der Waals surface area contributed by atoms with E-state index in [4.69, 9.17) is 9.47 Å². The van der Waals surface area contributed by atoms with Crippen LogP contribution in [0.1, 0.15) is 25.0 Å². The van der Waals surface area contributed by atoms with E-state index in [1.807, 2.05) is 62.5 Å². The number of carbonyl (C=O) groups excluding carboxylic acids is 1. The third kappa shape index (κ3) is 3.55. The van der Waals surface area contributed by atoms with Crippen LogP contribution in [0.4, 0.5) is 4.79 Å². The van der Waals surface area contributed by atoms with Crippen LogP contribution in [0.3, 0.4) is 0 Å². The maximum atomic E-state index is 12.9. The molecule has 5 heteroatoms. The first kappa shape index (κ1) is 17.6. The summed E-state index contributed by atoms with van der Waals surface area (Å²) in [4.78, 5) is 17.9. The lowest BCUT2D eigenvalue weighted by atomic mass is 10.0. The van der Waals surface area contributed by atoms with Gasteiger partial charge < -0.3 is 14.5 Å². The van der Waals surface area contributed by atoms with Gasteiger partial charge in [-0.25, -0.2) is 4.79 Å². The lowest BCUT2D eigenvalue weighted by molar-refractivity contribution is -0.0491. The molecule has 1 aromatic heterocycles. The Hall–Kier alpha value is -2.79. The van der Waals surface area contributed by atoms with Crippen LogP contribution in [-0.4, -0.2) is 34.4 Å². The molecule has 1 fully saturated rings. The van der Waals surface area contributed by atoms with E-state index in [0.29, 0.717) is 13.0 Å². The van der Waals surface area contributed by atoms with Crippen molar-refractivity contribution in [1.29, 1.82) is 0 Å². The number of amides is 1. The van der Waals surface area contributed by atoms with Crippen molar-refractivity contribution in [3.8, 4) is 0 Å². The number of ether oxygens (including phenoxy) is 2. The standard InChI is InChI=1S/C22H24N2O3/c1-22(2)24(21(25)26-14-16-8-4-3-5-9-16)18(15-27-22)12-17-13-23-20-11-7-6-10-19(17)20/h3-11,13,18,23H,12,14-15H2,1-2H3/t18-/m1/s1. The van der Waals surface area contributed by atoms with Gasteiger partial charge in [-0.1, -0.05) is 48.5 Å². The normalized spacial score (nSPS) is 18.7. The van der Waals surface area contributed by atoms with Crippen LogP contribution < -0.4 is 0 Å². The highest BCUT2D eigenvalue weighted by atomic mass is 16.6. The molecule has 2 aromatic carbocycles. The SMILES string of the molecule is CC1(C)OC[C@@H](Cc2c[nH]c3ccccc23)N1C(=O)OCc1ccccc1. The molecule has 3 aromatic rings. The Morgan fingerprint density at radius 2 is 1.93 bits per heavy atom. The van der Waals surface area contributed by atoms with Gasteiger partial charge in [-0.05, 0) is 37.5 Å². The van der Waals surface area contributed by atoms with Crippen molar-refractivity contribution >= 4 is 17.0 Å². The van der Waals surface area contributed by atoms with E-state index < -0.39 is 5.72 Å². The minimum absolute atomic E-state index is 0.0671. The van der Waals surface area contributed by atoms with Gasteiger partial charge in [-0.2, -0.15) is 0 Å². The predicted octanol–water partition coefficient (Wildman–Crippen LogP) is 4.48. The van der Waals surface area contributed by atoms with Crippen LogP contribution in [0.5, 0.6) is 0 Å². The molecule has 1 saturated heterocycles. The number of rotatable bonds is 4. The number of carbonyl (C=O) groups is 1. The number of hydrogen-bond donors (Lipinski definition) is 1. The van der Waals surface area contributed by atoms with E-state index in [2.05, 4.69) is 17.1 Å². The van der Waals surface area contributed by atoms with Crippen LogP contribution in [0.25, 0.3) is 10.9 Å². The van der Waals surface area contributed by atoms with Gasteiger partial charge >= 0.3 is 6.09 Å². The lowest BCUT2D eigenvalue weighted by Gasteiger charge is -2.32. The van der Waals surface area contributed by atoms with Crippen LogP contribution in [0.2, 0.25) is 0 Å². The molecule has 0 bridgehead atoms. The second-order valence-corrected chi connectivity index (χ2v) is 7.39. The molecule has 1 aliphatic rings. The summed E-state index contributed by atoms with van der Waals surface area (Å²) in [5.74, 6) is 0. The number of fused-ring (bicyclic) bond motifs is 1. The molecule has 0 spiro atoms. The number of nitrogens with zero attached hydrogens (tertiary/aromatic N) is 1. The van der Waals surface area contributed by atoms with E-state index in [-0.39, 0.29) is 18.7 Å². The highest BCUT2D eigenvalue weighted by Gasteiger charge is 2.44. The summed E-state index contributed by atoms with van der Waals surface area (Å²) in [5.41, 5.74) is 2.56. The van der Waals surface area contributed by atoms with Crippen molar-refractivity contribution in [2.24, 2.45) is 0 Å². The van der Waals surface area contributed by atoms with Crippen molar-refractivity contribution in [2.45, 2.75) is 38.6 Å². The van der Waals surface area contributed by atoms with Gasteiger partial charge in [0.1, 0.15) is 12.3 Å². The van der Waals surface area contributed by atoms with Crippen LogP contribution in [0, 0.1) is 0 Å². The molecule has 1 amide bonds. The minimum atomic E-state index is -0.690. The Morgan fingerprint density at radius 3 is 2.74 bits per heavy atom. The highest BCUT2D eigenvalue weighted by molar-refractivity contribution is 5.83. The summed E-state index contributed by atoms with van der Waals surface area (Å²) in [6, 6.07) is 17.8. The quantitative estimate of drug-likeness (QED) is 0.742. The first-order valence-electron chi connectivity index (χ1n) is 9.23. The summed E-state index contributed by atoms with van der Waals surface area (Å²) in [7, 11) is 0. The van der Waals surface area contributed by atoms with Crippen LogP contribution >= 0.6 is 0 Å². The topological polar surface area (TPSA) is 54.6 Å². The number of H-pyrrole nitrogens is 1. The third-order valence-corrected chi connectivity index (χ3v) is 5.11. The third-order valence-electron chi connectivity index (χ3n) is 5.11. The van der Waals surface area contributed by atoms with E-state index in [1.165, 1.54) is 10.9 Å². The molecule has 1 N–H and O–H groups in total. The number of aromatic nitrogens is 1. The van der Waals surface area contributed by atoms with Crippen LogP contribution in [-0.2, 0) is 22.5 Å². The van der Waals surface area contributed by atoms with Gasteiger partial charge in [0.05, 0.1) is 12.6 Å². The highest BCUT2D eigenvalue weighted by Crippen LogP contribution is 2.31. The lowest BCUT2D eigenvalue weighted by Crippen LogP contribution is -2.48. The summed E-state index contributed by atoms with van der Waals surface area (Å²) in [6.45, 7) is 4.57. The monoisotopic (exact) mass is 364 g/mol. The molecule has 0 unspecified atom stereocenters. The number of aromatic amines is 1. The minimum Gasteiger partial charge on any atom is -0.444 e. The molecule has 140 valence electrons. The molecule has 0 saturated carbocycles. The van der Waals surface area contributed by atoms with Crippen molar-refractivity contribution < 1.29 is 14.3 Å². The molecule has 1 aliphatic heterocycles. The first-order chi connectivity index (χ1) is 13.0. The Labute approximate surface area is 158 Å². The largest absolute Gasteiger partial charge is 0.444 e. The van der Waals surface area contributed by atoms with Gasteiger partial charge in [0.25, 0.3) is 0 Å². The molecule has 27 heavy (non-hydrogen) atoms. The number of para-hydroxylation sites is 1. The molecule has 0 radical (unpaired) electrons. The summed E-state index contributed by atoms with van der Waals surface area (Å²) >= 11 is 0. The fraction of sp³-hybridized carbons (Fsp3) is 0.318. The average molecular weight is 364 g/mol. The maximum absolute atomic E-state index is 12.9. The van der Waals surface area contributed by atoms with E-state index >= 15 is 0 Å². The average Bonchev–Trinajstić information content (AvgIpc) is 3.21. The van der Waals surface area contributed by atoms with Gasteiger partial charge in [0.2, 0.25) is 0 Å². The van der Waals surface area contributed by atoms with Gasteiger partial charge in [-0.15, -0.1) is 0 Å². The summed E-state index contributed by atoms with van der Waals surface area (Å²) in [5, 5.41) is 1.18. The Bertz CT molecular complexity index is 933. The van der Waals surface area contributed by atoms with Crippen molar-refractivity contribution in [3.63, 3.8) is 0 Å². The molecular weight excluding hydrogens is 340 g/mol. The second-order valence-electron chi connectivity index (χ2n) is 7.39. The molecule has 4 rings (SSSR count). The molecule has 5 nitrogen and oxygen atoms in total. The predicted molar refractivity (Wildman–Crippen MR) is 104 cm³/mol. The molecule has 2 heterocycles. The zero-order valence-corrected chi connectivity index (χ0v) is 15.6. The van der Waals surface area contributed by atoms with Crippen molar-refractivity contribution in [1.82, 2.24) is 9.88 Å². The first-order valence-corrected chi connectivity index (χ1v) is 9.23. The maximum Gasteiger partial charge on any atom is 0.412 e.